The predicted octanol–water partition coefficient (Wildman–Crippen LogP) is 4.94. The molecule has 4 nitrogen and oxygen atoms in total. The van der Waals surface area contributed by atoms with E-state index >= 15 is 0 Å². The lowest BCUT2D eigenvalue weighted by molar-refractivity contribution is -0.153. The molecule has 0 aliphatic heterocycles. The quantitative estimate of drug-likeness (QED) is 0.674. The molecular formula is C20H20F4N2O2. The molecule has 0 fully saturated rings. The number of carbonyl (C=O) groups is 1. The van der Waals surface area contributed by atoms with Crippen LogP contribution >= 0.6 is 0 Å². The van der Waals surface area contributed by atoms with Gasteiger partial charge in [-0.3, -0.25) is 9.78 Å². The third-order valence-electron chi connectivity index (χ3n) is 3.89. The fourth-order valence-electron chi connectivity index (χ4n) is 2.35. The van der Waals surface area contributed by atoms with Crippen molar-refractivity contribution in [2.24, 2.45) is 0 Å². The molecule has 0 aliphatic carbocycles. The van der Waals surface area contributed by atoms with Crippen LogP contribution in [0.2, 0.25) is 0 Å². The van der Waals surface area contributed by atoms with Gasteiger partial charge in [0, 0.05) is 0 Å². The van der Waals surface area contributed by atoms with Crippen LogP contribution in [0.25, 0.3) is 5.57 Å². The first-order chi connectivity index (χ1) is 13.1. The molecule has 2 aromatic rings. The number of hydrogen-bond donors (Lipinski definition) is 1. The van der Waals surface area contributed by atoms with Crippen LogP contribution in [0.1, 0.15) is 42.9 Å². The fourth-order valence-corrected chi connectivity index (χ4v) is 2.35. The molecule has 1 heterocycles. The third kappa shape index (κ3) is 6.07. The van der Waals surface area contributed by atoms with Crippen LogP contribution in [0.15, 0.2) is 49.2 Å². The largest absolute Gasteiger partial charge is 0.483 e. The number of halogens is 4. The Morgan fingerprint density at radius 2 is 1.86 bits per heavy atom. The van der Waals surface area contributed by atoms with Crippen molar-refractivity contribution >= 4 is 11.5 Å². The Morgan fingerprint density at radius 3 is 2.36 bits per heavy atom. The van der Waals surface area contributed by atoms with Crippen LogP contribution in [0.4, 0.5) is 17.6 Å². The highest BCUT2D eigenvalue weighted by atomic mass is 19.4. The van der Waals surface area contributed by atoms with E-state index in [2.05, 4.69) is 21.6 Å². The second kappa shape index (κ2) is 8.86. The maximum absolute atomic E-state index is 14.4. The minimum absolute atomic E-state index is 0.0550. The summed E-state index contributed by atoms with van der Waals surface area (Å²) in [6.07, 6.45) is -5.19. The molecular weight excluding hydrogens is 376 g/mol. The van der Waals surface area contributed by atoms with Gasteiger partial charge < -0.3 is 10.1 Å². The zero-order valence-corrected chi connectivity index (χ0v) is 15.4. The van der Waals surface area contributed by atoms with E-state index < -0.39 is 30.9 Å². The van der Waals surface area contributed by atoms with Gasteiger partial charge in [-0.25, -0.2) is 4.39 Å². The van der Waals surface area contributed by atoms with Crippen molar-refractivity contribution in [1.82, 2.24) is 10.3 Å². The number of carbonyl (C=O) groups excluding carboxylic acids is 1. The van der Waals surface area contributed by atoms with Gasteiger partial charge in [0.05, 0.1) is 17.9 Å². The average molecular weight is 396 g/mol. The van der Waals surface area contributed by atoms with Crippen LogP contribution in [0.3, 0.4) is 0 Å². The second-order valence-electron chi connectivity index (χ2n) is 6.32. The summed E-state index contributed by atoms with van der Waals surface area (Å²) in [7, 11) is 0. The molecule has 0 saturated carbocycles. The van der Waals surface area contributed by atoms with Crippen molar-refractivity contribution < 1.29 is 27.1 Å². The van der Waals surface area contributed by atoms with Crippen LogP contribution < -0.4 is 10.1 Å². The smallest absolute Gasteiger partial charge is 0.422 e. The van der Waals surface area contributed by atoms with Gasteiger partial charge in [-0.15, -0.1) is 0 Å². The molecule has 1 aromatic carbocycles. The fraction of sp³-hybridized carbons (Fsp3) is 0.300. The summed E-state index contributed by atoms with van der Waals surface area (Å²) in [6, 6.07) is 8.47. The van der Waals surface area contributed by atoms with E-state index in [1.165, 1.54) is 24.3 Å². The summed E-state index contributed by atoms with van der Waals surface area (Å²) in [5.74, 6) is -0.893. The number of allylic oxidation sites excluding steroid dienone is 1. The summed E-state index contributed by atoms with van der Waals surface area (Å²) in [4.78, 5) is 16.1. The summed E-state index contributed by atoms with van der Waals surface area (Å²) in [5.41, 5.74) is 2.24. The van der Waals surface area contributed by atoms with E-state index in [1.807, 2.05) is 6.92 Å². The zero-order valence-electron chi connectivity index (χ0n) is 15.4. The van der Waals surface area contributed by atoms with Gasteiger partial charge in [0.1, 0.15) is 5.75 Å². The molecule has 2 rings (SSSR count). The van der Waals surface area contributed by atoms with Crippen LogP contribution in [0, 0.1) is 0 Å². The van der Waals surface area contributed by atoms with Crippen LogP contribution in [0.5, 0.6) is 5.75 Å². The van der Waals surface area contributed by atoms with E-state index in [1.54, 1.807) is 19.1 Å². The van der Waals surface area contributed by atoms with Gasteiger partial charge in [-0.1, -0.05) is 36.4 Å². The zero-order chi connectivity index (χ0) is 20.9. The van der Waals surface area contributed by atoms with Gasteiger partial charge >= 0.3 is 6.18 Å². The highest BCUT2D eigenvalue weighted by Gasteiger charge is 2.28. The predicted molar refractivity (Wildman–Crippen MR) is 97.3 cm³/mol. The number of hydrogen-bond acceptors (Lipinski definition) is 3. The Bertz CT molecular complexity index is 818. The van der Waals surface area contributed by atoms with E-state index in [0.717, 1.165) is 17.3 Å². The van der Waals surface area contributed by atoms with Crippen molar-refractivity contribution in [2.75, 3.05) is 6.61 Å². The molecule has 0 spiro atoms. The third-order valence-corrected chi connectivity index (χ3v) is 3.89. The monoisotopic (exact) mass is 396 g/mol. The van der Waals surface area contributed by atoms with E-state index in [4.69, 9.17) is 0 Å². The number of nitrogens with zero attached hydrogens (tertiary/aromatic N) is 1. The van der Waals surface area contributed by atoms with Crippen molar-refractivity contribution in [2.45, 2.75) is 32.2 Å². The lowest BCUT2D eigenvalue weighted by Crippen LogP contribution is -2.30. The molecule has 1 aromatic heterocycles. The SMILES string of the molecule is C=C(C)c1ccc(C(F)C(=O)N[C@H](C)c2ccc(OCC(F)(F)F)cn2)cc1. The number of nitrogens with one attached hydrogen (secondary N) is 1. The standard InChI is InChI=1S/C20H20F4N2O2/c1-12(2)14-4-6-15(7-5-14)18(21)19(27)26-13(3)17-9-8-16(10-25-17)28-11-20(22,23)24/h4-10,13,18H,1,11H2,2-3H3,(H,26,27)/t13-,18?/m1/s1. The average Bonchev–Trinajstić information content (AvgIpc) is 2.65. The number of rotatable bonds is 7. The Hall–Kier alpha value is -2.90. The molecule has 1 amide bonds. The molecule has 150 valence electrons. The Morgan fingerprint density at radius 1 is 1.21 bits per heavy atom. The maximum atomic E-state index is 14.4. The summed E-state index contributed by atoms with van der Waals surface area (Å²) in [5, 5.41) is 2.49. The molecule has 2 atom stereocenters. The van der Waals surface area contributed by atoms with E-state index in [9.17, 15) is 22.4 Å². The normalized spacial score (nSPS) is 13.5. The summed E-state index contributed by atoms with van der Waals surface area (Å²) >= 11 is 0. The molecule has 28 heavy (non-hydrogen) atoms. The van der Waals surface area contributed by atoms with Gasteiger partial charge in [0.2, 0.25) is 6.17 Å². The van der Waals surface area contributed by atoms with Crippen LogP contribution in [-0.4, -0.2) is 23.7 Å². The van der Waals surface area contributed by atoms with Crippen LogP contribution in [-0.2, 0) is 4.79 Å². The Balaban J connectivity index is 1.96. The van der Waals surface area contributed by atoms with E-state index in [0.29, 0.717) is 5.69 Å². The first-order valence-electron chi connectivity index (χ1n) is 8.42. The van der Waals surface area contributed by atoms with Crippen molar-refractivity contribution in [3.63, 3.8) is 0 Å². The lowest BCUT2D eigenvalue weighted by atomic mass is 10.0. The highest BCUT2D eigenvalue weighted by Crippen LogP contribution is 2.23. The lowest BCUT2D eigenvalue weighted by Gasteiger charge is -2.16. The van der Waals surface area contributed by atoms with Crippen molar-refractivity contribution in [3.05, 3.63) is 66.0 Å². The van der Waals surface area contributed by atoms with Gasteiger partial charge in [0.15, 0.2) is 6.61 Å². The Labute approximate surface area is 160 Å². The molecule has 1 N–H and O–H groups in total. The molecule has 1 unspecified atom stereocenters. The van der Waals surface area contributed by atoms with Gasteiger partial charge in [-0.2, -0.15) is 13.2 Å². The molecule has 0 saturated heterocycles. The topological polar surface area (TPSA) is 51.2 Å². The minimum Gasteiger partial charge on any atom is -0.483 e. The van der Waals surface area contributed by atoms with Crippen molar-refractivity contribution in [3.8, 4) is 5.75 Å². The molecule has 0 radical (unpaired) electrons. The number of ether oxygens (including phenoxy) is 1. The van der Waals surface area contributed by atoms with Crippen molar-refractivity contribution in [1.29, 1.82) is 0 Å². The molecule has 0 bridgehead atoms. The minimum atomic E-state index is -4.45. The first-order valence-corrected chi connectivity index (χ1v) is 8.42. The highest BCUT2D eigenvalue weighted by molar-refractivity contribution is 5.82. The number of benzene rings is 1. The van der Waals surface area contributed by atoms with Gasteiger partial charge in [0.25, 0.3) is 5.91 Å². The number of aromatic nitrogens is 1. The second-order valence-corrected chi connectivity index (χ2v) is 6.32. The van der Waals surface area contributed by atoms with Gasteiger partial charge in [-0.05, 0) is 37.1 Å². The molecule has 8 heteroatoms. The summed E-state index contributed by atoms with van der Waals surface area (Å²) in [6.45, 7) is 5.78. The summed E-state index contributed by atoms with van der Waals surface area (Å²) < 4.78 is 55.4. The maximum Gasteiger partial charge on any atom is 0.422 e. The molecule has 0 aliphatic rings. The number of pyridine rings is 1. The first kappa shape index (κ1) is 21.4. The number of alkyl halides is 4. The number of amides is 1. The van der Waals surface area contributed by atoms with E-state index in [-0.39, 0.29) is 11.3 Å². The Kier molecular flexibility index (Phi) is 6.77.